The predicted octanol–water partition coefficient (Wildman–Crippen LogP) is 3.33. The molecule has 0 bridgehead atoms. The summed E-state index contributed by atoms with van der Waals surface area (Å²) in [6.07, 6.45) is 2.18. The largest absolute Gasteiger partial charge is 0.481 e. The van der Waals surface area contributed by atoms with Crippen LogP contribution in [0.3, 0.4) is 0 Å². The molecule has 1 saturated carbocycles. The van der Waals surface area contributed by atoms with Gasteiger partial charge in [-0.3, -0.25) is 9.59 Å². The van der Waals surface area contributed by atoms with Crippen molar-refractivity contribution in [3.05, 3.63) is 34.9 Å². The van der Waals surface area contributed by atoms with Gasteiger partial charge in [-0.1, -0.05) is 37.6 Å². The average molecular weight is 336 g/mol. The molecule has 1 atom stereocenters. The van der Waals surface area contributed by atoms with Gasteiger partial charge in [-0.2, -0.15) is 0 Å². The highest BCUT2D eigenvalue weighted by Gasteiger charge is 2.56. The quantitative estimate of drug-likeness (QED) is 0.918. The van der Waals surface area contributed by atoms with Crippen LogP contribution in [0, 0.1) is 11.3 Å². The molecule has 0 radical (unpaired) electrons. The third-order valence-electron chi connectivity index (χ3n) is 5.68. The second-order valence-electron chi connectivity index (χ2n) is 7.18. The van der Waals surface area contributed by atoms with Crippen molar-refractivity contribution in [3.8, 4) is 0 Å². The topological polar surface area (TPSA) is 57.6 Å². The lowest BCUT2D eigenvalue weighted by Gasteiger charge is -2.30. The van der Waals surface area contributed by atoms with E-state index in [1.54, 1.807) is 4.90 Å². The van der Waals surface area contributed by atoms with Crippen molar-refractivity contribution < 1.29 is 14.7 Å². The first-order chi connectivity index (χ1) is 10.8. The molecule has 1 N–H and O–H groups in total. The first-order valence-electron chi connectivity index (χ1n) is 8.11. The van der Waals surface area contributed by atoms with Gasteiger partial charge in [0.15, 0.2) is 0 Å². The third-order valence-corrected chi connectivity index (χ3v) is 5.93. The molecule has 124 valence electrons. The molecule has 3 rings (SSSR count). The van der Waals surface area contributed by atoms with Crippen LogP contribution < -0.4 is 0 Å². The maximum atomic E-state index is 13.0. The monoisotopic (exact) mass is 335 g/mol. The van der Waals surface area contributed by atoms with Crippen LogP contribution in [0.1, 0.15) is 38.7 Å². The molecule has 0 spiro atoms. The Labute approximate surface area is 141 Å². The van der Waals surface area contributed by atoms with Crippen molar-refractivity contribution in [1.82, 2.24) is 4.90 Å². The minimum atomic E-state index is -0.814. The van der Waals surface area contributed by atoms with E-state index in [4.69, 9.17) is 11.6 Å². The molecular weight excluding hydrogens is 314 g/mol. The van der Waals surface area contributed by atoms with Crippen LogP contribution in [-0.2, 0) is 15.0 Å². The fourth-order valence-electron chi connectivity index (χ4n) is 3.72. The molecule has 1 aliphatic heterocycles. The van der Waals surface area contributed by atoms with Gasteiger partial charge in [-0.05, 0) is 42.9 Å². The second-order valence-corrected chi connectivity index (χ2v) is 7.62. The second kappa shape index (κ2) is 5.52. The smallest absolute Gasteiger partial charge is 0.311 e. The van der Waals surface area contributed by atoms with Gasteiger partial charge >= 0.3 is 5.97 Å². The Kier molecular flexibility index (Phi) is 3.91. The zero-order valence-electron chi connectivity index (χ0n) is 13.5. The summed E-state index contributed by atoms with van der Waals surface area (Å²) in [7, 11) is 0. The fourth-order valence-corrected chi connectivity index (χ4v) is 3.85. The molecule has 2 fully saturated rings. The van der Waals surface area contributed by atoms with Gasteiger partial charge < -0.3 is 10.0 Å². The van der Waals surface area contributed by atoms with Crippen molar-refractivity contribution in [1.29, 1.82) is 0 Å². The molecule has 2 aliphatic rings. The Morgan fingerprint density at radius 1 is 1.17 bits per heavy atom. The van der Waals surface area contributed by atoms with Crippen LogP contribution in [-0.4, -0.2) is 35.0 Å². The summed E-state index contributed by atoms with van der Waals surface area (Å²) in [6, 6.07) is 7.44. The number of carboxylic acid groups (broad SMARTS) is 1. The Bertz CT molecular complexity index is 636. The van der Waals surface area contributed by atoms with Crippen LogP contribution in [0.25, 0.3) is 0 Å². The van der Waals surface area contributed by atoms with E-state index in [2.05, 4.69) is 0 Å². The summed E-state index contributed by atoms with van der Waals surface area (Å²) in [6.45, 7) is 4.69. The average Bonchev–Trinajstić information content (AvgIpc) is 3.18. The number of aliphatic carboxylic acids is 1. The number of hydrogen-bond acceptors (Lipinski definition) is 2. The summed E-state index contributed by atoms with van der Waals surface area (Å²) in [5.41, 5.74) is -0.286. The van der Waals surface area contributed by atoms with Crippen LogP contribution in [0.4, 0.5) is 0 Å². The Balaban J connectivity index is 1.82. The van der Waals surface area contributed by atoms with E-state index < -0.39 is 16.8 Å². The highest BCUT2D eigenvalue weighted by atomic mass is 35.5. The molecule has 1 heterocycles. The number of carboxylic acids is 1. The molecule has 1 aromatic rings. The molecule has 4 nitrogen and oxygen atoms in total. The molecule has 0 aromatic heterocycles. The Morgan fingerprint density at radius 3 is 2.22 bits per heavy atom. The number of amides is 1. The van der Waals surface area contributed by atoms with E-state index in [1.165, 1.54) is 0 Å². The van der Waals surface area contributed by atoms with Crippen LogP contribution >= 0.6 is 11.6 Å². The van der Waals surface area contributed by atoms with Crippen molar-refractivity contribution in [2.75, 3.05) is 13.1 Å². The summed E-state index contributed by atoms with van der Waals surface area (Å²) in [5, 5.41) is 10.3. The zero-order chi connectivity index (χ0) is 16.8. The minimum Gasteiger partial charge on any atom is -0.481 e. The summed E-state index contributed by atoms with van der Waals surface area (Å²) in [5.74, 6) is -0.716. The van der Waals surface area contributed by atoms with Crippen molar-refractivity contribution in [3.63, 3.8) is 0 Å². The number of benzene rings is 1. The lowest BCUT2D eigenvalue weighted by Crippen LogP contribution is -2.43. The first-order valence-corrected chi connectivity index (χ1v) is 8.48. The normalized spacial score (nSPS) is 25.7. The van der Waals surface area contributed by atoms with E-state index in [1.807, 2.05) is 38.1 Å². The summed E-state index contributed by atoms with van der Waals surface area (Å²) in [4.78, 5) is 26.6. The van der Waals surface area contributed by atoms with Gasteiger partial charge in [0.05, 0.1) is 10.8 Å². The Hall–Kier alpha value is -1.55. The number of halogens is 1. The van der Waals surface area contributed by atoms with E-state index in [0.29, 0.717) is 24.5 Å². The van der Waals surface area contributed by atoms with E-state index in [-0.39, 0.29) is 11.8 Å². The Morgan fingerprint density at radius 2 is 1.78 bits per heavy atom. The van der Waals surface area contributed by atoms with E-state index >= 15 is 0 Å². The van der Waals surface area contributed by atoms with Crippen molar-refractivity contribution in [2.24, 2.45) is 11.3 Å². The molecule has 1 amide bonds. The molecule has 1 unspecified atom stereocenters. The standard InChI is InChI=1S/C18H22ClNO3/c1-12(2)18(16(22)23)9-10-20(11-18)15(21)17(7-8-17)13-3-5-14(19)6-4-13/h3-6,12H,7-11H2,1-2H3,(H,22,23). The van der Waals surface area contributed by atoms with E-state index in [0.717, 1.165) is 18.4 Å². The van der Waals surface area contributed by atoms with Crippen LogP contribution in [0.2, 0.25) is 5.02 Å². The van der Waals surface area contributed by atoms with Crippen LogP contribution in [0.5, 0.6) is 0 Å². The molecule has 23 heavy (non-hydrogen) atoms. The maximum Gasteiger partial charge on any atom is 0.311 e. The van der Waals surface area contributed by atoms with Gasteiger partial charge in [-0.15, -0.1) is 0 Å². The highest BCUT2D eigenvalue weighted by Crippen LogP contribution is 2.51. The molecule has 1 aromatic carbocycles. The van der Waals surface area contributed by atoms with Gasteiger partial charge in [0, 0.05) is 18.1 Å². The van der Waals surface area contributed by atoms with E-state index in [9.17, 15) is 14.7 Å². The molecule has 5 heteroatoms. The zero-order valence-corrected chi connectivity index (χ0v) is 14.3. The summed E-state index contributed by atoms with van der Waals surface area (Å²) < 4.78 is 0. The third kappa shape index (κ3) is 2.53. The number of nitrogens with zero attached hydrogens (tertiary/aromatic N) is 1. The number of carbonyl (C=O) groups is 2. The summed E-state index contributed by atoms with van der Waals surface area (Å²) >= 11 is 5.94. The molecule has 1 saturated heterocycles. The molecule has 1 aliphatic carbocycles. The SMILES string of the molecule is CC(C)C1(C(=O)O)CCN(C(=O)C2(c3ccc(Cl)cc3)CC2)C1. The lowest BCUT2D eigenvalue weighted by atomic mass is 9.76. The maximum absolute atomic E-state index is 13.0. The van der Waals surface area contributed by atoms with Gasteiger partial charge in [0.2, 0.25) is 5.91 Å². The van der Waals surface area contributed by atoms with Gasteiger partial charge in [-0.25, -0.2) is 0 Å². The number of hydrogen-bond donors (Lipinski definition) is 1. The first kappa shape index (κ1) is 16.3. The minimum absolute atomic E-state index is 0.00323. The predicted molar refractivity (Wildman–Crippen MR) is 88.5 cm³/mol. The fraction of sp³-hybridized carbons (Fsp3) is 0.556. The number of rotatable bonds is 4. The molecular formula is C18H22ClNO3. The van der Waals surface area contributed by atoms with Gasteiger partial charge in [0.25, 0.3) is 0 Å². The number of likely N-dealkylation sites (tertiary alicyclic amines) is 1. The highest BCUT2D eigenvalue weighted by molar-refractivity contribution is 6.30. The lowest BCUT2D eigenvalue weighted by molar-refractivity contribution is -0.151. The van der Waals surface area contributed by atoms with Gasteiger partial charge in [0.1, 0.15) is 0 Å². The number of carbonyl (C=O) groups excluding carboxylic acids is 1. The van der Waals surface area contributed by atoms with Crippen molar-refractivity contribution in [2.45, 2.75) is 38.5 Å². The van der Waals surface area contributed by atoms with Crippen molar-refractivity contribution >= 4 is 23.5 Å². The van der Waals surface area contributed by atoms with Crippen LogP contribution in [0.15, 0.2) is 24.3 Å².